The number of aryl methyl sites for hydroxylation is 1. The van der Waals surface area contributed by atoms with Gasteiger partial charge in [0.15, 0.2) is 5.84 Å². The van der Waals surface area contributed by atoms with Gasteiger partial charge in [0.2, 0.25) is 0 Å². The summed E-state index contributed by atoms with van der Waals surface area (Å²) in [5, 5.41) is 3.11. The zero-order valence-electron chi connectivity index (χ0n) is 14.1. The van der Waals surface area contributed by atoms with Gasteiger partial charge < -0.3 is 5.32 Å². The van der Waals surface area contributed by atoms with Crippen molar-refractivity contribution in [3.63, 3.8) is 0 Å². The Bertz CT molecular complexity index is 1010. The fourth-order valence-electron chi connectivity index (χ4n) is 2.30. The van der Waals surface area contributed by atoms with E-state index in [0.717, 1.165) is 15.7 Å². The van der Waals surface area contributed by atoms with Gasteiger partial charge in [-0.15, -0.1) is 4.40 Å². The Hall–Kier alpha value is -2.44. The largest absolute Gasteiger partial charge is 0.339 e. The number of nitrogens with one attached hydrogen (secondary N) is 1. The molecule has 4 nitrogen and oxygen atoms in total. The van der Waals surface area contributed by atoms with E-state index in [-0.39, 0.29) is 10.7 Å². The fourth-order valence-corrected chi connectivity index (χ4v) is 3.54. The van der Waals surface area contributed by atoms with Crippen LogP contribution in [0.5, 0.6) is 0 Å². The van der Waals surface area contributed by atoms with Crippen LogP contribution in [-0.2, 0) is 10.0 Å². The zero-order chi connectivity index (χ0) is 18.6. The maximum Gasteiger partial charge on any atom is 0.284 e. The SMILES string of the molecule is Cc1ccc(C(=NS(=O)(=O)c2ccc(Br)cc2)Nc2ccccc2)cc1. The molecule has 3 aromatic rings. The van der Waals surface area contributed by atoms with Crippen molar-refractivity contribution < 1.29 is 8.42 Å². The maximum absolute atomic E-state index is 12.7. The summed E-state index contributed by atoms with van der Waals surface area (Å²) in [6.07, 6.45) is 0. The lowest BCUT2D eigenvalue weighted by molar-refractivity contribution is 0.598. The van der Waals surface area contributed by atoms with Crippen LogP contribution in [0.15, 0.2) is 92.6 Å². The third kappa shape index (κ3) is 4.59. The Kier molecular flexibility index (Phi) is 5.54. The molecule has 0 saturated heterocycles. The third-order valence-electron chi connectivity index (χ3n) is 3.68. The van der Waals surface area contributed by atoms with Crippen LogP contribution in [0.2, 0.25) is 0 Å². The second-order valence-electron chi connectivity index (χ2n) is 5.73. The predicted molar refractivity (Wildman–Crippen MR) is 109 cm³/mol. The number of benzene rings is 3. The molecule has 0 bridgehead atoms. The molecule has 3 rings (SSSR count). The number of amidine groups is 1. The fraction of sp³-hybridized carbons (Fsp3) is 0.0500. The average Bonchev–Trinajstić information content (AvgIpc) is 2.63. The van der Waals surface area contributed by atoms with Gasteiger partial charge >= 0.3 is 0 Å². The van der Waals surface area contributed by atoms with Crippen LogP contribution in [0.3, 0.4) is 0 Å². The molecule has 1 N–H and O–H groups in total. The molecule has 3 aromatic carbocycles. The van der Waals surface area contributed by atoms with E-state index in [9.17, 15) is 8.42 Å². The number of anilines is 1. The first-order valence-electron chi connectivity index (χ1n) is 7.94. The van der Waals surface area contributed by atoms with Crippen LogP contribution in [0.4, 0.5) is 5.69 Å². The molecule has 0 saturated carbocycles. The topological polar surface area (TPSA) is 58.5 Å². The summed E-state index contributed by atoms with van der Waals surface area (Å²) in [6.45, 7) is 1.98. The molecule has 0 radical (unpaired) electrons. The number of para-hydroxylation sites is 1. The van der Waals surface area contributed by atoms with E-state index in [0.29, 0.717) is 5.56 Å². The number of sulfonamides is 1. The first-order valence-corrected chi connectivity index (χ1v) is 10.2. The lowest BCUT2D eigenvalue weighted by Crippen LogP contribution is -2.16. The Morgan fingerprint density at radius 1 is 0.885 bits per heavy atom. The van der Waals surface area contributed by atoms with Crippen molar-refractivity contribution in [3.05, 3.63) is 94.5 Å². The summed E-state index contributed by atoms with van der Waals surface area (Å²) < 4.78 is 30.4. The standard InChI is InChI=1S/C20H17BrN2O2S/c1-15-7-9-16(10-8-15)20(22-18-5-3-2-4-6-18)23-26(24,25)19-13-11-17(21)12-14-19/h2-14H,1H3,(H,22,23). The molecule has 0 unspecified atom stereocenters. The molecule has 0 spiro atoms. The average molecular weight is 429 g/mol. The first-order chi connectivity index (χ1) is 12.4. The number of nitrogens with zero attached hydrogens (tertiary/aromatic N) is 1. The Morgan fingerprint density at radius 3 is 2.12 bits per heavy atom. The van der Waals surface area contributed by atoms with Gasteiger partial charge in [0.05, 0.1) is 4.90 Å². The smallest absolute Gasteiger partial charge is 0.284 e. The van der Waals surface area contributed by atoms with Gasteiger partial charge in [0.25, 0.3) is 10.0 Å². The molecule has 0 aliphatic rings. The van der Waals surface area contributed by atoms with Crippen LogP contribution >= 0.6 is 15.9 Å². The van der Waals surface area contributed by atoms with E-state index in [1.54, 1.807) is 12.1 Å². The normalized spacial score (nSPS) is 12.0. The highest BCUT2D eigenvalue weighted by molar-refractivity contribution is 9.10. The van der Waals surface area contributed by atoms with Crippen LogP contribution in [0.25, 0.3) is 0 Å². The quantitative estimate of drug-likeness (QED) is 0.469. The number of hydrogen-bond acceptors (Lipinski definition) is 2. The Balaban J connectivity index is 2.05. The minimum Gasteiger partial charge on any atom is -0.339 e. The van der Waals surface area contributed by atoms with Crippen LogP contribution < -0.4 is 5.32 Å². The van der Waals surface area contributed by atoms with Crippen molar-refractivity contribution >= 4 is 37.5 Å². The van der Waals surface area contributed by atoms with E-state index in [1.165, 1.54) is 12.1 Å². The van der Waals surface area contributed by atoms with Crippen molar-refractivity contribution in [2.75, 3.05) is 5.32 Å². The van der Waals surface area contributed by atoms with E-state index >= 15 is 0 Å². The van der Waals surface area contributed by atoms with Gasteiger partial charge in [0.1, 0.15) is 0 Å². The Labute approximate surface area is 161 Å². The molecule has 0 aromatic heterocycles. The van der Waals surface area contributed by atoms with Gasteiger partial charge in [-0.05, 0) is 43.3 Å². The minimum absolute atomic E-state index is 0.139. The third-order valence-corrected chi connectivity index (χ3v) is 5.50. The van der Waals surface area contributed by atoms with E-state index in [4.69, 9.17) is 0 Å². The van der Waals surface area contributed by atoms with Crippen molar-refractivity contribution in [3.8, 4) is 0 Å². The van der Waals surface area contributed by atoms with Crippen molar-refractivity contribution in [2.45, 2.75) is 11.8 Å². The van der Waals surface area contributed by atoms with E-state index in [2.05, 4.69) is 25.6 Å². The molecule has 26 heavy (non-hydrogen) atoms. The van der Waals surface area contributed by atoms with Crippen LogP contribution in [0, 0.1) is 6.92 Å². The van der Waals surface area contributed by atoms with Gasteiger partial charge in [0, 0.05) is 15.7 Å². The first kappa shape index (κ1) is 18.4. The van der Waals surface area contributed by atoms with Crippen molar-refractivity contribution in [1.29, 1.82) is 0 Å². The predicted octanol–water partition coefficient (Wildman–Crippen LogP) is 5.01. The minimum atomic E-state index is -3.85. The molecule has 0 heterocycles. The van der Waals surface area contributed by atoms with Gasteiger partial charge in [-0.3, -0.25) is 0 Å². The number of halogens is 1. The lowest BCUT2D eigenvalue weighted by atomic mass is 10.1. The molecular formula is C20H17BrN2O2S. The highest BCUT2D eigenvalue weighted by Crippen LogP contribution is 2.19. The van der Waals surface area contributed by atoms with E-state index in [1.807, 2.05) is 61.5 Å². The van der Waals surface area contributed by atoms with Crippen molar-refractivity contribution in [2.24, 2.45) is 4.40 Å². The lowest BCUT2D eigenvalue weighted by Gasteiger charge is -2.11. The number of rotatable bonds is 4. The van der Waals surface area contributed by atoms with Gasteiger partial charge in [-0.25, -0.2) is 0 Å². The zero-order valence-corrected chi connectivity index (χ0v) is 16.5. The summed E-state index contributed by atoms with van der Waals surface area (Å²) in [7, 11) is -3.85. The highest BCUT2D eigenvalue weighted by atomic mass is 79.9. The summed E-state index contributed by atoms with van der Waals surface area (Å²) in [5.74, 6) is 0.277. The van der Waals surface area contributed by atoms with Crippen molar-refractivity contribution in [1.82, 2.24) is 0 Å². The summed E-state index contributed by atoms with van der Waals surface area (Å²) in [6, 6.07) is 23.3. The van der Waals surface area contributed by atoms with Gasteiger partial charge in [-0.2, -0.15) is 8.42 Å². The molecular weight excluding hydrogens is 412 g/mol. The molecule has 0 aliphatic heterocycles. The number of hydrogen-bond donors (Lipinski definition) is 1. The molecule has 0 fully saturated rings. The highest BCUT2D eigenvalue weighted by Gasteiger charge is 2.16. The van der Waals surface area contributed by atoms with Gasteiger partial charge in [-0.1, -0.05) is 64.0 Å². The molecule has 0 amide bonds. The van der Waals surface area contributed by atoms with E-state index < -0.39 is 10.0 Å². The Morgan fingerprint density at radius 2 is 1.50 bits per heavy atom. The summed E-state index contributed by atoms with van der Waals surface area (Å²) in [4.78, 5) is 0.139. The van der Waals surface area contributed by atoms with Crippen LogP contribution in [-0.4, -0.2) is 14.3 Å². The molecule has 6 heteroatoms. The summed E-state index contributed by atoms with van der Waals surface area (Å²) >= 11 is 3.31. The molecule has 132 valence electrons. The molecule has 0 atom stereocenters. The monoisotopic (exact) mass is 428 g/mol. The van der Waals surface area contributed by atoms with Crippen LogP contribution in [0.1, 0.15) is 11.1 Å². The maximum atomic E-state index is 12.7. The second-order valence-corrected chi connectivity index (χ2v) is 8.25. The molecule has 0 aliphatic carbocycles. The summed E-state index contributed by atoms with van der Waals surface area (Å²) in [5.41, 5.74) is 2.54. The second kappa shape index (κ2) is 7.85.